The van der Waals surface area contributed by atoms with E-state index in [1.165, 1.54) is 0 Å². The fourth-order valence-corrected chi connectivity index (χ4v) is 3.53. The van der Waals surface area contributed by atoms with Gasteiger partial charge in [-0.15, -0.1) is 11.6 Å². The first kappa shape index (κ1) is 15.7. The van der Waals surface area contributed by atoms with Gasteiger partial charge in [0, 0.05) is 23.8 Å². The number of rotatable bonds is 3. The van der Waals surface area contributed by atoms with E-state index in [-0.39, 0.29) is 0 Å². The Morgan fingerprint density at radius 3 is 2.30 bits per heavy atom. The average molecular weight is 339 g/mol. The van der Waals surface area contributed by atoms with Crippen LogP contribution in [0.5, 0.6) is 11.5 Å². The second kappa shape index (κ2) is 6.00. The van der Waals surface area contributed by atoms with Crippen molar-refractivity contribution in [1.82, 2.24) is 0 Å². The van der Waals surface area contributed by atoms with E-state index in [9.17, 15) is 8.42 Å². The number of alkyl halides is 1. The summed E-state index contributed by atoms with van der Waals surface area (Å²) in [5.41, 5.74) is 0.538. The van der Waals surface area contributed by atoms with Crippen LogP contribution >= 0.6 is 23.2 Å². The largest absolute Gasteiger partial charge is 0.490 e. The van der Waals surface area contributed by atoms with Gasteiger partial charge in [-0.25, -0.2) is 8.42 Å². The van der Waals surface area contributed by atoms with Crippen molar-refractivity contribution in [3.8, 4) is 11.5 Å². The molecule has 2 atom stereocenters. The Labute approximate surface area is 128 Å². The Bertz CT molecular complexity index is 601. The number of halogens is 2. The molecule has 0 fully saturated rings. The molecule has 0 amide bonds. The lowest BCUT2D eigenvalue weighted by molar-refractivity contribution is 0.297. The van der Waals surface area contributed by atoms with E-state index in [1.807, 2.05) is 0 Å². The molecule has 112 valence electrons. The third-order valence-corrected chi connectivity index (χ3v) is 5.96. The van der Waals surface area contributed by atoms with Crippen molar-refractivity contribution in [2.45, 2.75) is 24.0 Å². The van der Waals surface area contributed by atoms with Gasteiger partial charge < -0.3 is 9.47 Å². The molecule has 1 heterocycles. The molecule has 1 aromatic rings. The molecule has 0 spiro atoms. The minimum Gasteiger partial charge on any atom is -0.490 e. The van der Waals surface area contributed by atoms with Gasteiger partial charge in [0.05, 0.1) is 23.8 Å². The molecule has 20 heavy (non-hydrogen) atoms. The average Bonchev–Trinajstić information content (AvgIpc) is 2.59. The molecule has 1 aliphatic rings. The second-order valence-electron chi connectivity index (χ2n) is 4.81. The lowest BCUT2D eigenvalue weighted by Crippen LogP contribution is -2.21. The first-order valence-electron chi connectivity index (χ1n) is 6.22. The minimum absolute atomic E-state index is 0.379. The van der Waals surface area contributed by atoms with Gasteiger partial charge in [-0.2, -0.15) is 0 Å². The zero-order valence-corrected chi connectivity index (χ0v) is 13.6. The van der Waals surface area contributed by atoms with Gasteiger partial charge in [-0.05, 0) is 18.6 Å². The van der Waals surface area contributed by atoms with Crippen LogP contribution in [0, 0.1) is 0 Å². The number of sulfone groups is 1. The standard InChI is InChI=1S/C13H16Cl2O4S/c1-8(20(2,16)17)13(15)9-6-11-12(7-10(9)14)19-5-3-4-18-11/h6-8,13H,3-5H2,1-2H3. The van der Waals surface area contributed by atoms with Crippen LogP contribution in [-0.2, 0) is 9.84 Å². The van der Waals surface area contributed by atoms with Crippen LogP contribution in [0.3, 0.4) is 0 Å². The summed E-state index contributed by atoms with van der Waals surface area (Å²) in [6.45, 7) is 2.67. The molecular weight excluding hydrogens is 323 g/mol. The maximum Gasteiger partial charge on any atom is 0.162 e. The molecule has 0 saturated heterocycles. The summed E-state index contributed by atoms with van der Waals surface area (Å²) >= 11 is 12.5. The van der Waals surface area contributed by atoms with E-state index in [0.717, 1.165) is 12.7 Å². The molecule has 0 saturated carbocycles. The predicted molar refractivity (Wildman–Crippen MR) is 80.0 cm³/mol. The van der Waals surface area contributed by atoms with Crippen molar-refractivity contribution in [3.05, 3.63) is 22.7 Å². The van der Waals surface area contributed by atoms with Crippen molar-refractivity contribution in [2.24, 2.45) is 0 Å². The number of benzene rings is 1. The number of hydrogen-bond acceptors (Lipinski definition) is 4. The first-order chi connectivity index (χ1) is 9.30. The Balaban J connectivity index is 2.40. The predicted octanol–water partition coefficient (Wildman–Crippen LogP) is 3.21. The summed E-state index contributed by atoms with van der Waals surface area (Å²) < 4.78 is 34.3. The van der Waals surface area contributed by atoms with E-state index in [0.29, 0.717) is 35.3 Å². The summed E-state index contributed by atoms with van der Waals surface area (Å²) in [5.74, 6) is 1.11. The van der Waals surface area contributed by atoms with Gasteiger partial charge in [0.25, 0.3) is 0 Å². The highest BCUT2D eigenvalue weighted by atomic mass is 35.5. The molecule has 1 aromatic carbocycles. The second-order valence-corrected chi connectivity index (χ2v) is 8.09. The molecule has 2 rings (SSSR count). The van der Waals surface area contributed by atoms with Gasteiger partial charge in [0.2, 0.25) is 0 Å². The van der Waals surface area contributed by atoms with Gasteiger partial charge in [0.1, 0.15) is 0 Å². The third kappa shape index (κ3) is 3.32. The SMILES string of the molecule is CC(C(Cl)c1cc2c(cc1Cl)OCCCO2)S(C)(=O)=O. The van der Waals surface area contributed by atoms with Crippen LogP contribution in [0.1, 0.15) is 24.3 Å². The molecule has 0 aliphatic carbocycles. The Kier molecular flexibility index (Phi) is 4.72. The molecule has 0 bridgehead atoms. The van der Waals surface area contributed by atoms with Gasteiger partial charge in [-0.3, -0.25) is 0 Å². The lowest BCUT2D eigenvalue weighted by Gasteiger charge is -2.19. The monoisotopic (exact) mass is 338 g/mol. The van der Waals surface area contributed by atoms with Crippen LogP contribution < -0.4 is 9.47 Å². The highest BCUT2D eigenvalue weighted by Crippen LogP contribution is 2.41. The van der Waals surface area contributed by atoms with Crippen molar-refractivity contribution >= 4 is 33.0 Å². The summed E-state index contributed by atoms with van der Waals surface area (Å²) in [5, 5.41) is -1.11. The molecule has 0 radical (unpaired) electrons. The highest BCUT2D eigenvalue weighted by molar-refractivity contribution is 7.91. The topological polar surface area (TPSA) is 52.6 Å². The van der Waals surface area contributed by atoms with Crippen LogP contribution in [0.2, 0.25) is 5.02 Å². The normalized spacial score (nSPS) is 18.2. The zero-order valence-electron chi connectivity index (χ0n) is 11.2. The number of hydrogen-bond donors (Lipinski definition) is 0. The highest BCUT2D eigenvalue weighted by Gasteiger charge is 2.28. The Morgan fingerprint density at radius 1 is 1.20 bits per heavy atom. The van der Waals surface area contributed by atoms with E-state index < -0.39 is 20.5 Å². The van der Waals surface area contributed by atoms with Crippen molar-refractivity contribution in [1.29, 1.82) is 0 Å². The van der Waals surface area contributed by atoms with Crippen molar-refractivity contribution < 1.29 is 17.9 Å². The maximum absolute atomic E-state index is 11.6. The van der Waals surface area contributed by atoms with Gasteiger partial charge in [-0.1, -0.05) is 11.6 Å². The van der Waals surface area contributed by atoms with Crippen LogP contribution in [-0.4, -0.2) is 33.1 Å². The molecule has 0 aromatic heterocycles. The summed E-state index contributed by atoms with van der Waals surface area (Å²) in [6, 6.07) is 3.30. The van der Waals surface area contributed by atoms with Crippen molar-refractivity contribution in [2.75, 3.05) is 19.5 Å². The molecule has 0 N–H and O–H groups in total. The molecular formula is C13H16Cl2O4S. The first-order valence-corrected chi connectivity index (χ1v) is 8.99. The fourth-order valence-electron chi connectivity index (χ4n) is 1.88. The maximum atomic E-state index is 11.6. The summed E-state index contributed by atoms with van der Waals surface area (Å²) in [7, 11) is -3.26. The minimum atomic E-state index is -3.26. The Hall–Kier alpha value is -0.650. The molecule has 7 heteroatoms. The number of fused-ring (bicyclic) bond motifs is 1. The Morgan fingerprint density at radius 2 is 1.75 bits per heavy atom. The van der Waals surface area contributed by atoms with Crippen molar-refractivity contribution in [3.63, 3.8) is 0 Å². The van der Waals surface area contributed by atoms with Crippen LogP contribution in [0.15, 0.2) is 12.1 Å². The smallest absolute Gasteiger partial charge is 0.162 e. The zero-order chi connectivity index (χ0) is 14.9. The van der Waals surface area contributed by atoms with Crippen LogP contribution in [0.4, 0.5) is 0 Å². The van der Waals surface area contributed by atoms with E-state index in [2.05, 4.69) is 0 Å². The quantitative estimate of drug-likeness (QED) is 0.794. The lowest BCUT2D eigenvalue weighted by atomic mass is 10.1. The molecule has 2 unspecified atom stereocenters. The molecule has 1 aliphatic heterocycles. The van der Waals surface area contributed by atoms with E-state index >= 15 is 0 Å². The number of ether oxygens (including phenoxy) is 2. The van der Waals surface area contributed by atoms with E-state index in [1.54, 1.807) is 19.1 Å². The van der Waals surface area contributed by atoms with Crippen LogP contribution in [0.25, 0.3) is 0 Å². The summed E-state index contributed by atoms with van der Waals surface area (Å²) in [6.07, 6.45) is 1.94. The van der Waals surface area contributed by atoms with Gasteiger partial charge in [0.15, 0.2) is 21.3 Å². The molecule has 4 nitrogen and oxygen atoms in total. The third-order valence-electron chi connectivity index (χ3n) is 3.25. The fraction of sp³-hybridized carbons (Fsp3) is 0.538. The van der Waals surface area contributed by atoms with Gasteiger partial charge >= 0.3 is 0 Å². The van der Waals surface area contributed by atoms with E-state index in [4.69, 9.17) is 32.7 Å². The summed E-state index contributed by atoms with van der Waals surface area (Å²) in [4.78, 5) is 0.